The van der Waals surface area contributed by atoms with Crippen LogP contribution in [0.2, 0.25) is 10.2 Å². The number of H-pyrrole nitrogens is 1. The van der Waals surface area contributed by atoms with Crippen molar-refractivity contribution >= 4 is 61.7 Å². The summed E-state index contributed by atoms with van der Waals surface area (Å²) in [6, 6.07) is 2.66. The van der Waals surface area contributed by atoms with Crippen LogP contribution in [0.4, 0.5) is 9.18 Å². The Morgan fingerprint density at radius 2 is 1.87 bits per heavy atom. The average Bonchev–Trinajstić information content (AvgIpc) is 3.72. The summed E-state index contributed by atoms with van der Waals surface area (Å²) in [5.74, 6) is -0.500. The lowest BCUT2D eigenvalue weighted by atomic mass is 9.83. The molecule has 2 N–H and O–H groups in total. The molecule has 11 nitrogen and oxygen atoms in total. The maximum atomic E-state index is 16.0. The third-order valence-electron chi connectivity index (χ3n) is 9.74. The Morgan fingerprint density at radius 1 is 1.15 bits per heavy atom. The fraction of sp³-hybridized carbons (Fsp3) is 0.469. The first-order valence-corrected chi connectivity index (χ1v) is 18.1. The number of sulfonamides is 1. The van der Waals surface area contributed by atoms with E-state index in [9.17, 15) is 18.0 Å². The lowest BCUT2D eigenvalue weighted by Gasteiger charge is -2.33. The standard InChI is InChI=1S/C32H37Cl2FN6O5S/c1-17-13-20(36-32(43)46-3)5-6-21(17)28-29(34)38-30(37-28)25-14-19(18-9-11-40(12-10-18)47(4,44)45)15-41(25)31(42)22-7-8-24-26(27(22)35)23(33)16-39(24)2/h5-8,16-19,25H,9-15H2,1-4H3,(H,36,43)(H,37,38)/t17?,19-,25-/m0/s1. The SMILES string of the molecule is COC(=O)NC1=CC=C(c2nc([C@@H]3C[C@H](C4CCN(S(C)(=O)=O)CC4)CN3C(=O)c3ccc4c(c(Cl)cn4C)c3F)[nH]c2Cl)C(C)C1. The zero-order valence-corrected chi connectivity index (χ0v) is 28.8. The van der Waals surface area contributed by atoms with Gasteiger partial charge in [-0.2, -0.15) is 0 Å². The number of methoxy groups -OCH3 is 1. The van der Waals surface area contributed by atoms with Crippen molar-refractivity contribution in [3.05, 3.63) is 69.3 Å². The number of halogens is 3. The predicted molar refractivity (Wildman–Crippen MR) is 178 cm³/mol. The number of fused-ring (bicyclic) bond motifs is 1. The Morgan fingerprint density at radius 3 is 2.53 bits per heavy atom. The highest BCUT2D eigenvalue weighted by atomic mass is 35.5. The topological polar surface area (TPSA) is 130 Å². The van der Waals surface area contributed by atoms with Crippen molar-refractivity contribution in [2.24, 2.45) is 24.8 Å². The molecule has 2 fully saturated rings. The Balaban J connectivity index is 1.33. The van der Waals surface area contributed by atoms with Gasteiger partial charge in [0, 0.05) is 38.6 Å². The summed E-state index contributed by atoms with van der Waals surface area (Å²) >= 11 is 13.1. The van der Waals surface area contributed by atoms with Crippen molar-refractivity contribution < 1.29 is 27.1 Å². The summed E-state index contributed by atoms with van der Waals surface area (Å²) < 4.78 is 48.2. The maximum Gasteiger partial charge on any atom is 0.411 e. The second-order valence-electron chi connectivity index (χ2n) is 12.7. The molecular formula is C32H37Cl2FN6O5S. The second-order valence-corrected chi connectivity index (χ2v) is 15.5. The molecule has 0 saturated carbocycles. The second kappa shape index (κ2) is 12.9. The van der Waals surface area contributed by atoms with Gasteiger partial charge >= 0.3 is 6.09 Å². The third kappa shape index (κ3) is 6.42. The van der Waals surface area contributed by atoms with E-state index in [1.165, 1.54) is 23.7 Å². The first kappa shape index (κ1) is 33.5. The van der Waals surface area contributed by atoms with Crippen molar-refractivity contribution in [3.63, 3.8) is 0 Å². The monoisotopic (exact) mass is 706 g/mol. The van der Waals surface area contributed by atoms with Gasteiger partial charge in [-0.15, -0.1) is 0 Å². The number of aromatic nitrogens is 3. The highest BCUT2D eigenvalue weighted by Crippen LogP contribution is 2.44. The zero-order valence-electron chi connectivity index (χ0n) is 26.5. The van der Waals surface area contributed by atoms with Crippen LogP contribution in [-0.2, 0) is 21.8 Å². The number of amides is 2. The number of imidazole rings is 1. The molecule has 2 aromatic heterocycles. The molecule has 3 aromatic rings. The van der Waals surface area contributed by atoms with Gasteiger partial charge in [0.05, 0.1) is 40.9 Å². The van der Waals surface area contributed by atoms with Crippen LogP contribution in [0.3, 0.4) is 0 Å². The van der Waals surface area contributed by atoms with Gasteiger partial charge in [0.1, 0.15) is 22.5 Å². The first-order chi connectivity index (χ1) is 22.3. The minimum Gasteiger partial charge on any atom is -0.453 e. The zero-order chi connectivity index (χ0) is 33.8. The number of aryl methyl sites for hydroxylation is 1. The molecule has 0 spiro atoms. The van der Waals surface area contributed by atoms with Gasteiger partial charge < -0.3 is 19.2 Å². The normalized spacial score (nSPS) is 22.8. The van der Waals surface area contributed by atoms with Crippen molar-refractivity contribution in [1.29, 1.82) is 0 Å². The van der Waals surface area contributed by atoms with Crippen LogP contribution in [-0.4, -0.2) is 77.2 Å². The number of alkyl carbamates (subject to hydrolysis) is 1. The number of carbonyl (C=O) groups is 2. The van der Waals surface area contributed by atoms with E-state index < -0.39 is 33.9 Å². The van der Waals surface area contributed by atoms with E-state index >= 15 is 4.39 Å². The Kier molecular flexibility index (Phi) is 9.20. The van der Waals surface area contributed by atoms with Crippen molar-refractivity contribution in [2.75, 3.05) is 33.0 Å². The molecule has 2 aliphatic heterocycles. The molecule has 1 aliphatic carbocycles. The van der Waals surface area contributed by atoms with E-state index in [0.29, 0.717) is 73.2 Å². The van der Waals surface area contributed by atoms with Gasteiger partial charge in [0.25, 0.3) is 5.91 Å². The quantitative estimate of drug-likeness (QED) is 0.329. The number of hydrogen-bond acceptors (Lipinski definition) is 6. The summed E-state index contributed by atoms with van der Waals surface area (Å²) in [6.07, 6.45) is 8.33. The molecule has 2 saturated heterocycles. The number of ether oxygens (including phenoxy) is 1. The Hall–Kier alpha value is -3.39. The molecule has 1 aromatic carbocycles. The Labute approximate surface area is 282 Å². The van der Waals surface area contributed by atoms with E-state index in [0.717, 1.165) is 5.57 Å². The molecule has 15 heteroatoms. The number of piperidine rings is 1. The third-order valence-corrected chi connectivity index (χ3v) is 11.6. The van der Waals surface area contributed by atoms with Gasteiger partial charge in [-0.3, -0.25) is 10.1 Å². The van der Waals surface area contributed by atoms with Crippen molar-refractivity contribution in [2.45, 2.75) is 38.6 Å². The van der Waals surface area contributed by atoms with Crippen LogP contribution in [0.5, 0.6) is 0 Å². The number of nitrogens with one attached hydrogen (secondary N) is 2. The van der Waals surface area contributed by atoms with Crippen LogP contribution in [0.15, 0.2) is 36.2 Å². The van der Waals surface area contributed by atoms with Crippen LogP contribution < -0.4 is 5.32 Å². The van der Waals surface area contributed by atoms with E-state index in [2.05, 4.69) is 10.3 Å². The number of hydrogen-bond donors (Lipinski definition) is 2. The molecule has 4 heterocycles. The molecule has 252 valence electrons. The van der Waals surface area contributed by atoms with Crippen molar-refractivity contribution in [1.82, 2.24) is 29.1 Å². The van der Waals surface area contributed by atoms with E-state index in [4.69, 9.17) is 32.9 Å². The summed E-state index contributed by atoms with van der Waals surface area (Å²) in [6.45, 7) is 3.19. The number of rotatable bonds is 6. The molecule has 2 amide bonds. The molecule has 3 atom stereocenters. The highest BCUT2D eigenvalue weighted by Gasteiger charge is 2.43. The molecule has 3 aliphatic rings. The highest BCUT2D eigenvalue weighted by molar-refractivity contribution is 7.88. The molecule has 6 rings (SSSR count). The van der Waals surface area contributed by atoms with Crippen LogP contribution in [0, 0.1) is 23.6 Å². The number of nitrogens with zero attached hydrogens (tertiary/aromatic N) is 4. The van der Waals surface area contributed by atoms with Gasteiger partial charge in [-0.1, -0.05) is 36.2 Å². The van der Waals surface area contributed by atoms with Gasteiger partial charge in [-0.05, 0) is 67.2 Å². The van der Waals surface area contributed by atoms with Gasteiger partial charge in [0.15, 0.2) is 0 Å². The summed E-state index contributed by atoms with van der Waals surface area (Å²) in [5.41, 5.74) is 2.61. The minimum absolute atomic E-state index is 0.0350. The Bertz CT molecular complexity index is 1910. The van der Waals surface area contributed by atoms with Crippen LogP contribution >= 0.6 is 23.2 Å². The average molecular weight is 708 g/mol. The first-order valence-electron chi connectivity index (χ1n) is 15.5. The fourth-order valence-corrected chi connectivity index (χ4v) is 8.70. The predicted octanol–water partition coefficient (Wildman–Crippen LogP) is 5.89. The van der Waals surface area contributed by atoms with Crippen LogP contribution in [0.25, 0.3) is 16.5 Å². The number of aromatic amines is 1. The molecule has 47 heavy (non-hydrogen) atoms. The summed E-state index contributed by atoms with van der Waals surface area (Å²) in [4.78, 5) is 35.7. The fourth-order valence-electron chi connectivity index (χ4n) is 7.25. The lowest BCUT2D eigenvalue weighted by molar-refractivity contribution is 0.0716. The molecular weight excluding hydrogens is 670 g/mol. The number of likely N-dealkylation sites (tertiary alicyclic amines) is 1. The largest absolute Gasteiger partial charge is 0.453 e. The van der Waals surface area contributed by atoms with E-state index in [-0.39, 0.29) is 33.7 Å². The smallest absolute Gasteiger partial charge is 0.411 e. The number of benzene rings is 1. The van der Waals surface area contributed by atoms with Crippen LogP contribution in [0.1, 0.15) is 60.5 Å². The summed E-state index contributed by atoms with van der Waals surface area (Å²) in [7, 11) is -0.225. The lowest BCUT2D eigenvalue weighted by Crippen LogP contribution is -2.40. The number of allylic oxidation sites excluding steroid dienone is 4. The van der Waals surface area contributed by atoms with Crippen molar-refractivity contribution in [3.8, 4) is 0 Å². The number of carbonyl (C=O) groups excluding carboxylic acids is 2. The van der Waals surface area contributed by atoms with E-state index in [1.54, 1.807) is 34.9 Å². The van der Waals surface area contributed by atoms with Gasteiger partial charge in [0.2, 0.25) is 10.0 Å². The van der Waals surface area contributed by atoms with Gasteiger partial charge in [-0.25, -0.2) is 26.9 Å². The molecule has 1 unspecified atom stereocenters. The van der Waals surface area contributed by atoms with E-state index in [1.807, 2.05) is 13.0 Å². The molecule has 0 radical (unpaired) electrons. The summed E-state index contributed by atoms with van der Waals surface area (Å²) in [5, 5.41) is 3.44. The molecule has 0 bridgehead atoms. The minimum atomic E-state index is -3.29. The maximum absolute atomic E-state index is 16.0.